The van der Waals surface area contributed by atoms with E-state index < -0.39 is 41.8 Å². The molecule has 0 spiro atoms. The largest absolute Gasteiger partial charge is 0.496 e. The molecule has 0 N–H and O–H groups in total. The molecule has 1 heterocycles. The van der Waals surface area contributed by atoms with Crippen molar-refractivity contribution in [1.82, 2.24) is 0 Å². The average molecular weight is 402 g/mol. The molecule has 0 saturated carbocycles. The number of hydrogen-bond donors (Lipinski definition) is 0. The minimum absolute atomic E-state index is 0.172. The van der Waals surface area contributed by atoms with Gasteiger partial charge in [0, 0.05) is 5.82 Å². The molecule has 2 rings (SSSR count). The molecular formula is C19H26BF3O5. The fourth-order valence-electron chi connectivity index (χ4n) is 3.00. The van der Waals surface area contributed by atoms with Crippen molar-refractivity contribution in [2.75, 3.05) is 13.7 Å². The number of halogens is 3. The van der Waals surface area contributed by atoms with Crippen molar-refractivity contribution in [2.45, 2.75) is 64.2 Å². The molecule has 1 fully saturated rings. The number of esters is 1. The monoisotopic (exact) mass is 402 g/mol. The molecule has 1 aromatic rings. The number of alkyl halides is 3. The molecule has 1 atom stereocenters. The second-order valence-electron chi connectivity index (χ2n) is 7.70. The summed E-state index contributed by atoms with van der Waals surface area (Å²) in [6.07, 6.45) is -4.78. The highest BCUT2D eigenvalue weighted by molar-refractivity contribution is 6.48. The van der Waals surface area contributed by atoms with Gasteiger partial charge >= 0.3 is 19.3 Å². The van der Waals surface area contributed by atoms with Crippen molar-refractivity contribution in [3.63, 3.8) is 0 Å². The highest BCUT2D eigenvalue weighted by Crippen LogP contribution is 2.44. The Bertz CT molecular complexity index is 702. The van der Waals surface area contributed by atoms with Gasteiger partial charge in [0.05, 0.1) is 36.9 Å². The predicted molar refractivity (Wildman–Crippen MR) is 98.1 cm³/mol. The lowest BCUT2D eigenvalue weighted by molar-refractivity contribution is -0.143. The van der Waals surface area contributed by atoms with Crippen LogP contribution in [0.1, 0.15) is 58.0 Å². The topological polar surface area (TPSA) is 54.0 Å². The molecule has 5 nitrogen and oxygen atoms in total. The van der Waals surface area contributed by atoms with Crippen LogP contribution in [0.3, 0.4) is 0 Å². The summed E-state index contributed by atoms with van der Waals surface area (Å²) in [4.78, 5) is 12.1. The molecular weight excluding hydrogens is 376 g/mol. The van der Waals surface area contributed by atoms with Crippen molar-refractivity contribution in [3.05, 3.63) is 29.3 Å². The van der Waals surface area contributed by atoms with E-state index in [1.165, 1.54) is 19.2 Å². The summed E-state index contributed by atoms with van der Waals surface area (Å²) in [7, 11) is 0.276. The van der Waals surface area contributed by atoms with Gasteiger partial charge < -0.3 is 18.8 Å². The number of rotatable bonds is 6. The second kappa shape index (κ2) is 7.95. The molecule has 0 aromatic heterocycles. The molecule has 0 amide bonds. The maximum atomic E-state index is 13.5. The summed E-state index contributed by atoms with van der Waals surface area (Å²) in [6.45, 7) is 9.18. The molecule has 1 aliphatic rings. The summed E-state index contributed by atoms with van der Waals surface area (Å²) in [5, 5.41) is 0. The summed E-state index contributed by atoms with van der Waals surface area (Å²) >= 11 is 0. The van der Waals surface area contributed by atoms with Crippen LogP contribution in [0.5, 0.6) is 5.75 Å². The van der Waals surface area contributed by atoms with Gasteiger partial charge in [-0.05, 0) is 52.3 Å². The molecule has 1 unspecified atom stereocenters. The molecule has 0 aliphatic carbocycles. The molecule has 28 heavy (non-hydrogen) atoms. The Morgan fingerprint density at radius 1 is 1.18 bits per heavy atom. The quantitative estimate of drug-likeness (QED) is 0.522. The van der Waals surface area contributed by atoms with Gasteiger partial charge in [0.15, 0.2) is 0 Å². The smallest absolute Gasteiger partial charge is 0.466 e. The first kappa shape index (κ1) is 22.6. The van der Waals surface area contributed by atoms with E-state index in [0.717, 1.165) is 6.07 Å². The van der Waals surface area contributed by atoms with Crippen molar-refractivity contribution < 1.29 is 36.7 Å². The standard InChI is InChI=1S/C19H26BF3O5/c1-7-26-16(24)11-14(20-27-17(2,3)18(4,5)28-20)12-8-9-15(25-6)13(10-12)19(21,22)23/h8-10,14H,7,11H2,1-6H3. The highest BCUT2D eigenvalue weighted by Gasteiger charge is 2.54. The van der Waals surface area contributed by atoms with E-state index in [4.69, 9.17) is 18.8 Å². The Morgan fingerprint density at radius 3 is 2.21 bits per heavy atom. The molecule has 156 valence electrons. The Kier molecular flexibility index (Phi) is 6.40. The lowest BCUT2D eigenvalue weighted by Crippen LogP contribution is -2.41. The maximum absolute atomic E-state index is 13.5. The summed E-state index contributed by atoms with van der Waals surface area (Å²) in [5.41, 5.74) is -2.04. The molecule has 9 heteroatoms. The number of carbonyl (C=O) groups excluding carboxylic acids is 1. The van der Waals surface area contributed by atoms with E-state index in [2.05, 4.69) is 0 Å². The van der Waals surface area contributed by atoms with Gasteiger partial charge in [-0.15, -0.1) is 0 Å². The normalized spacial score (nSPS) is 19.4. The van der Waals surface area contributed by atoms with Gasteiger partial charge in [-0.2, -0.15) is 13.2 Å². The van der Waals surface area contributed by atoms with Crippen LogP contribution in [0.25, 0.3) is 0 Å². The van der Waals surface area contributed by atoms with Crippen molar-refractivity contribution in [2.24, 2.45) is 0 Å². The van der Waals surface area contributed by atoms with Crippen molar-refractivity contribution in [1.29, 1.82) is 0 Å². The first-order valence-electron chi connectivity index (χ1n) is 9.08. The van der Waals surface area contributed by atoms with Crippen LogP contribution in [0.4, 0.5) is 13.2 Å². The predicted octanol–water partition coefficient (Wildman–Crippen LogP) is 4.38. The lowest BCUT2D eigenvalue weighted by atomic mass is 9.66. The second-order valence-corrected chi connectivity index (χ2v) is 7.70. The Labute approximate surface area is 163 Å². The van der Waals surface area contributed by atoms with Crippen LogP contribution >= 0.6 is 0 Å². The van der Waals surface area contributed by atoms with Gasteiger partial charge in [-0.1, -0.05) is 6.07 Å². The van der Waals surface area contributed by atoms with Gasteiger partial charge in [0.2, 0.25) is 0 Å². The van der Waals surface area contributed by atoms with E-state index in [0.29, 0.717) is 0 Å². The third-order valence-corrected chi connectivity index (χ3v) is 5.25. The van der Waals surface area contributed by atoms with Crippen molar-refractivity contribution >= 4 is 13.1 Å². The number of hydrogen-bond acceptors (Lipinski definition) is 5. The van der Waals surface area contributed by atoms with Gasteiger partial charge in [0.1, 0.15) is 5.75 Å². The highest BCUT2D eigenvalue weighted by atomic mass is 19.4. The SMILES string of the molecule is CCOC(=O)CC(B1OC(C)(C)C(C)(C)O1)c1ccc(OC)c(C(F)(F)F)c1. The van der Waals surface area contributed by atoms with Crippen LogP contribution in [-0.4, -0.2) is 38.0 Å². The zero-order chi connectivity index (χ0) is 21.3. The number of benzene rings is 1. The van der Waals surface area contributed by atoms with Crippen LogP contribution < -0.4 is 4.74 Å². The first-order chi connectivity index (χ1) is 12.8. The lowest BCUT2D eigenvalue weighted by Gasteiger charge is -2.32. The molecule has 0 radical (unpaired) electrons. The number of carbonyl (C=O) groups is 1. The minimum atomic E-state index is -4.61. The zero-order valence-corrected chi connectivity index (χ0v) is 17.0. The van der Waals surface area contributed by atoms with E-state index in [1.807, 2.05) is 27.7 Å². The average Bonchev–Trinajstić information content (AvgIpc) is 2.79. The van der Waals surface area contributed by atoms with E-state index in [-0.39, 0.29) is 24.3 Å². The van der Waals surface area contributed by atoms with E-state index in [9.17, 15) is 18.0 Å². The fraction of sp³-hybridized carbons (Fsp3) is 0.632. The first-order valence-corrected chi connectivity index (χ1v) is 9.08. The van der Waals surface area contributed by atoms with Crippen LogP contribution in [0.15, 0.2) is 18.2 Å². The third-order valence-electron chi connectivity index (χ3n) is 5.25. The summed E-state index contributed by atoms with van der Waals surface area (Å²) in [5.74, 6) is -1.60. The number of ether oxygens (including phenoxy) is 2. The molecule has 1 aliphatic heterocycles. The van der Waals surface area contributed by atoms with Crippen LogP contribution in [0, 0.1) is 0 Å². The van der Waals surface area contributed by atoms with Crippen LogP contribution in [0.2, 0.25) is 0 Å². The van der Waals surface area contributed by atoms with Gasteiger partial charge in [-0.3, -0.25) is 4.79 Å². The maximum Gasteiger partial charge on any atom is 0.466 e. The van der Waals surface area contributed by atoms with Crippen molar-refractivity contribution in [3.8, 4) is 5.75 Å². The Morgan fingerprint density at radius 2 is 1.75 bits per heavy atom. The Balaban J connectivity index is 2.47. The Hall–Kier alpha value is -1.74. The van der Waals surface area contributed by atoms with E-state index >= 15 is 0 Å². The summed E-state index contributed by atoms with van der Waals surface area (Å²) < 4.78 is 62.2. The molecule has 0 bridgehead atoms. The van der Waals surface area contributed by atoms with Gasteiger partial charge in [0.25, 0.3) is 0 Å². The fourth-order valence-corrected chi connectivity index (χ4v) is 3.00. The minimum Gasteiger partial charge on any atom is -0.496 e. The summed E-state index contributed by atoms with van der Waals surface area (Å²) in [6, 6.07) is 3.71. The van der Waals surface area contributed by atoms with E-state index in [1.54, 1.807) is 6.92 Å². The molecule has 1 aromatic carbocycles. The zero-order valence-electron chi connectivity index (χ0n) is 17.0. The number of methoxy groups -OCH3 is 1. The molecule has 1 saturated heterocycles. The van der Waals surface area contributed by atoms with Gasteiger partial charge in [-0.25, -0.2) is 0 Å². The third kappa shape index (κ3) is 4.63. The van der Waals surface area contributed by atoms with Crippen LogP contribution in [-0.2, 0) is 25.0 Å².